The predicted molar refractivity (Wildman–Crippen MR) is 138 cm³/mol. The van der Waals surface area contributed by atoms with E-state index < -0.39 is 11.9 Å². The molecule has 0 spiro atoms. The molecule has 1 aromatic carbocycles. The second-order valence-corrected chi connectivity index (χ2v) is 10.8. The Morgan fingerprint density at radius 2 is 1.71 bits per heavy atom. The van der Waals surface area contributed by atoms with E-state index in [-0.39, 0.29) is 18.3 Å². The Morgan fingerprint density at radius 1 is 1.00 bits per heavy atom. The standard InChI is InChI=1S/C30H46O4/c1-5-21-30(3,4)22-13-12-14-23-19-20-26(31)25(23)17-10-11-18-27(32)28(29(33)34-6-2)24-15-8-7-9-16-24/h7-9,15-16,23,25,28H,5-6,10-14,17-22H2,1-4H3/t23-,25+,28?/m0/s1. The molecule has 0 saturated heterocycles. The van der Waals surface area contributed by atoms with Crippen molar-refractivity contribution in [1.82, 2.24) is 0 Å². The van der Waals surface area contributed by atoms with E-state index in [1.165, 1.54) is 32.1 Å². The van der Waals surface area contributed by atoms with Gasteiger partial charge in [-0.15, -0.1) is 0 Å². The van der Waals surface area contributed by atoms with E-state index in [2.05, 4.69) is 20.8 Å². The molecular formula is C30H46O4. The van der Waals surface area contributed by atoms with Crippen molar-refractivity contribution in [2.75, 3.05) is 6.61 Å². The number of ether oxygens (including phenoxy) is 1. The van der Waals surface area contributed by atoms with Crippen LogP contribution in [0.1, 0.15) is 116 Å². The van der Waals surface area contributed by atoms with Crippen molar-refractivity contribution in [2.45, 2.75) is 111 Å². The molecule has 1 aliphatic rings. The number of unbranched alkanes of at least 4 members (excludes halogenated alkanes) is 2. The van der Waals surface area contributed by atoms with Crippen LogP contribution >= 0.6 is 0 Å². The number of hydrogen-bond acceptors (Lipinski definition) is 4. The Hall–Kier alpha value is -1.97. The average molecular weight is 471 g/mol. The molecule has 2 rings (SSSR count). The van der Waals surface area contributed by atoms with Crippen LogP contribution in [0, 0.1) is 17.3 Å². The summed E-state index contributed by atoms with van der Waals surface area (Å²) in [7, 11) is 0. The van der Waals surface area contributed by atoms with Gasteiger partial charge < -0.3 is 4.74 Å². The van der Waals surface area contributed by atoms with E-state index in [1.807, 2.05) is 30.3 Å². The van der Waals surface area contributed by atoms with Gasteiger partial charge in [0.25, 0.3) is 0 Å². The maximum absolute atomic E-state index is 12.9. The van der Waals surface area contributed by atoms with E-state index in [0.29, 0.717) is 41.9 Å². The zero-order valence-electron chi connectivity index (χ0n) is 21.9. The largest absolute Gasteiger partial charge is 0.465 e. The maximum atomic E-state index is 12.9. The zero-order valence-corrected chi connectivity index (χ0v) is 21.9. The fourth-order valence-electron chi connectivity index (χ4n) is 5.66. The van der Waals surface area contributed by atoms with E-state index in [9.17, 15) is 14.4 Å². The molecule has 0 N–H and O–H groups in total. The van der Waals surface area contributed by atoms with Gasteiger partial charge in [-0.1, -0.05) is 76.8 Å². The molecule has 0 bridgehead atoms. The third kappa shape index (κ3) is 9.00. The predicted octanol–water partition coefficient (Wildman–Crippen LogP) is 7.44. The molecule has 1 fully saturated rings. The average Bonchev–Trinajstić information content (AvgIpc) is 3.14. The summed E-state index contributed by atoms with van der Waals surface area (Å²) in [6.07, 6.45) is 11.9. The van der Waals surface area contributed by atoms with E-state index in [0.717, 1.165) is 25.7 Å². The highest BCUT2D eigenvalue weighted by Gasteiger charge is 2.34. The fraction of sp³-hybridized carbons (Fsp3) is 0.700. The van der Waals surface area contributed by atoms with Gasteiger partial charge in [-0.3, -0.25) is 14.4 Å². The molecule has 3 atom stereocenters. The quantitative estimate of drug-likeness (QED) is 0.143. The number of benzene rings is 1. The highest BCUT2D eigenvalue weighted by Crippen LogP contribution is 2.37. The number of esters is 1. The Labute approximate surface area is 207 Å². The van der Waals surface area contributed by atoms with Crippen LogP contribution in [0.2, 0.25) is 0 Å². The lowest BCUT2D eigenvalue weighted by Gasteiger charge is -2.24. The summed E-state index contributed by atoms with van der Waals surface area (Å²) in [5, 5.41) is 0. The number of hydrogen-bond donors (Lipinski definition) is 0. The minimum absolute atomic E-state index is 0.0892. The van der Waals surface area contributed by atoms with Crippen molar-refractivity contribution >= 4 is 17.5 Å². The Kier molecular flexibility index (Phi) is 12.0. The molecule has 4 nitrogen and oxygen atoms in total. The van der Waals surface area contributed by atoms with Gasteiger partial charge in [-0.25, -0.2) is 0 Å². The first-order chi connectivity index (χ1) is 16.3. The van der Waals surface area contributed by atoms with Crippen LogP contribution in [-0.2, 0) is 19.1 Å². The summed E-state index contributed by atoms with van der Waals surface area (Å²) in [6, 6.07) is 9.17. The smallest absolute Gasteiger partial charge is 0.321 e. The van der Waals surface area contributed by atoms with Gasteiger partial charge >= 0.3 is 5.97 Å². The minimum atomic E-state index is -0.848. The Morgan fingerprint density at radius 3 is 2.38 bits per heavy atom. The van der Waals surface area contributed by atoms with Gasteiger partial charge in [0.15, 0.2) is 5.78 Å². The molecule has 1 aromatic rings. The van der Waals surface area contributed by atoms with Crippen molar-refractivity contribution in [3.8, 4) is 0 Å². The summed E-state index contributed by atoms with van der Waals surface area (Å²) in [5.41, 5.74) is 1.12. The molecule has 0 amide bonds. The van der Waals surface area contributed by atoms with Crippen LogP contribution in [0.25, 0.3) is 0 Å². The van der Waals surface area contributed by atoms with Crippen molar-refractivity contribution < 1.29 is 19.1 Å². The molecule has 1 aliphatic carbocycles. The second-order valence-electron chi connectivity index (χ2n) is 10.8. The molecule has 4 heteroatoms. The van der Waals surface area contributed by atoms with Gasteiger partial charge in [0.2, 0.25) is 0 Å². The highest BCUT2D eigenvalue weighted by molar-refractivity contribution is 6.04. The summed E-state index contributed by atoms with van der Waals surface area (Å²) >= 11 is 0. The molecule has 190 valence electrons. The van der Waals surface area contributed by atoms with Crippen molar-refractivity contribution in [1.29, 1.82) is 0 Å². The van der Waals surface area contributed by atoms with E-state index >= 15 is 0 Å². The SMILES string of the molecule is CCCC(C)(C)CCCC[C@H]1CCC(=O)[C@@H]1CCCCC(=O)C(C(=O)OCC)c1ccccc1. The van der Waals surface area contributed by atoms with Crippen LogP contribution in [-0.4, -0.2) is 24.1 Å². The Balaban J connectivity index is 1.79. The lowest BCUT2D eigenvalue weighted by molar-refractivity contribution is -0.148. The minimum Gasteiger partial charge on any atom is -0.465 e. The second kappa shape index (κ2) is 14.4. The number of rotatable bonds is 16. The first kappa shape index (κ1) is 28.3. The molecule has 0 heterocycles. The number of ketones is 2. The molecule has 1 saturated carbocycles. The number of Topliss-reactive ketones (excluding diaryl/α,β-unsaturated/α-hetero) is 2. The maximum Gasteiger partial charge on any atom is 0.321 e. The van der Waals surface area contributed by atoms with Gasteiger partial charge in [-0.2, -0.15) is 0 Å². The topological polar surface area (TPSA) is 60.4 Å². The highest BCUT2D eigenvalue weighted by atomic mass is 16.5. The molecule has 0 aromatic heterocycles. The molecular weight excluding hydrogens is 424 g/mol. The van der Waals surface area contributed by atoms with E-state index in [1.54, 1.807) is 6.92 Å². The summed E-state index contributed by atoms with van der Waals surface area (Å²) in [4.78, 5) is 37.9. The lowest BCUT2D eigenvalue weighted by Crippen LogP contribution is -2.24. The third-order valence-corrected chi connectivity index (χ3v) is 7.51. The van der Waals surface area contributed by atoms with Crippen molar-refractivity contribution in [3.63, 3.8) is 0 Å². The molecule has 0 aliphatic heterocycles. The van der Waals surface area contributed by atoms with Gasteiger partial charge in [-0.05, 0) is 62.3 Å². The summed E-state index contributed by atoms with van der Waals surface area (Å²) in [6.45, 7) is 9.00. The van der Waals surface area contributed by atoms with Gasteiger partial charge in [0.1, 0.15) is 11.7 Å². The zero-order chi connectivity index (χ0) is 25.0. The fourth-order valence-corrected chi connectivity index (χ4v) is 5.66. The molecule has 0 radical (unpaired) electrons. The monoisotopic (exact) mass is 470 g/mol. The lowest BCUT2D eigenvalue weighted by atomic mass is 9.81. The molecule has 34 heavy (non-hydrogen) atoms. The third-order valence-electron chi connectivity index (χ3n) is 7.51. The van der Waals surface area contributed by atoms with Crippen LogP contribution in [0.3, 0.4) is 0 Å². The van der Waals surface area contributed by atoms with Crippen molar-refractivity contribution in [3.05, 3.63) is 35.9 Å². The van der Waals surface area contributed by atoms with Crippen LogP contribution in [0.4, 0.5) is 0 Å². The summed E-state index contributed by atoms with van der Waals surface area (Å²) in [5.74, 6) is -0.321. The normalized spacial score (nSPS) is 19.2. The number of carbonyl (C=O) groups is 3. The van der Waals surface area contributed by atoms with Crippen molar-refractivity contribution in [2.24, 2.45) is 17.3 Å². The van der Waals surface area contributed by atoms with Crippen LogP contribution < -0.4 is 0 Å². The van der Waals surface area contributed by atoms with Crippen LogP contribution in [0.5, 0.6) is 0 Å². The number of carbonyl (C=O) groups excluding carboxylic acids is 3. The van der Waals surface area contributed by atoms with Gasteiger partial charge in [0.05, 0.1) is 6.61 Å². The van der Waals surface area contributed by atoms with Crippen LogP contribution in [0.15, 0.2) is 30.3 Å². The first-order valence-electron chi connectivity index (χ1n) is 13.6. The Bertz CT molecular complexity index is 767. The molecule has 1 unspecified atom stereocenters. The first-order valence-corrected chi connectivity index (χ1v) is 13.6. The van der Waals surface area contributed by atoms with Gasteiger partial charge in [0, 0.05) is 18.8 Å². The summed E-state index contributed by atoms with van der Waals surface area (Å²) < 4.78 is 5.17. The van der Waals surface area contributed by atoms with E-state index in [4.69, 9.17) is 4.74 Å².